The van der Waals surface area contributed by atoms with E-state index in [0.29, 0.717) is 18.7 Å². The minimum Gasteiger partial charge on any atom is -0.438 e. The van der Waals surface area contributed by atoms with Crippen LogP contribution in [0.5, 0.6) is 0 Å². The van der Waals surface area contributed by atoms with Gasteiger partial charge in [0, 0.05) is 54.2 Å². The average molecular weight is 432 g/mol. The number of amides is 1. The number of oxazole rings is 1. The monoisotopic (exact) mass is 432 g/mol. The molecule has 164 valence electrons. The number of aliphatic hydroxyl groups is 1. The second-order valence-corrected chi connectivity index (χ2v) is 8.16. The summed E-state index contributed by atoms with van der Waals surface area (Å²) in [4.78, 5) is 23.4. The van der Waals surface area contributed by atoms with E-state index in [1.807, 2.05) is 31.8 Å². The molecule has 1 aliphatic heterocycles. The number of hydrogen-bond donors (Lipinski definition) is 2. The van der Waals surface area contributed by atoms with Crippen molar-refractivity contribution >= 4 is 28.2 Å². The number of carbonyl (C=O) groups is 1. The number of nitrogens with one attached hydrogen (secondary N) is 1. The van der Waals surface area contributed by atoms with Crippen molar-refractivity contribution in [2.75, 3.05) is 23.3 Å². The summed E-state index contributed by atoms with van der Waals surface area (Å²) in [6.07, 6.45) is 6.58. The topological polar surface area (TPSA) is 109 Å². The first-order chi connectivity index (χ1) is 15.4. The van der Waals surface area contributed by atoms with Crippen LogP contribution in [0.15, 0.2) is 41.5 Å². The zero-order chi connectivity index (χ0) is 22.4. The van der Waals surface area contributed by atoms with Crippen LogP contribution in [-0.2, 0) is 7.05 Å². The van der Waals surface area contributed by atoms with Gasteiger partial charge in [-0.1, -0.05) is 0 Å². The van der Waals surface area contributed by atoms with Crippen LogP contribution in [0.1, 0.15) is 28.2 Å². The van der Waals surface area contributed by atoms with Crippen molar-refractivity contribution in [3.05, 3.63) is 54.1 Å². The van der Waals surface area contributed by atoms with Gasteiger partial charge < -0.3 is 19.7 Å². The van der Waals surface area contributed by atoms with Crippen molar-refractivity contribution in [3.8, 4) is 11.1 Å². The Hall–Kier alpha value is -3.72. The number of anilines is 2. The Bertz CT molecular complexity index is 1310. The molecule has 1 unspecified atom stereocenters. The highest BCUT2D eigenvalue weighted by molar-refractivity contribution is 6.06. The largest absolute Gasteiger partial charge is 0.438 e. The van der Waals surface area contributed by atoms with E-state index in [-0.39, 0.29) is 17.8 Å². The van der Waals surface area contributed by atoms with Gasteiger partial charge in [0.15, 0.2) is 6.39 Å². The predicted molar refractivity (Wildman–Crippen MR) is 121 cm³/mol. The lowest BCUT2D eigenvalue weighted by Crippen LogP contribution is -2.22. The number of aliphatic hydroxyl groups excluding tert-OH is 1. The van der Waals surface area contributed by atoms with Crippen molar-refractivity contribution in [1.29, 1.82) is 0 Å². The summed E-state index contributed by atoms with van der Waals surface area (Å²) in [5.41, 5.74) is 6.01. The molecule has 1 saturated heterocycles. The van der Waals surface area contributed by atoms with Crippen LogP contribution >= 0.6 is 0 Å². The van der Waals surface area contributed by atoms with Gasteiger partial charge in [0.05, 0.1) is 29.7 Å². The fourth-order valence-corrected chi connectivity index (χ4v) is 4.20. The van der Waals surface area contributed by atoms with Crippen molar-refractivity contribution in [3.63, 3.8) is 0 Å². The van der Waals surface area contributed by atoms with Crippen LogP contribution in [0.25, 0.3) is 22.0 Å². The van der Waals surface area contributed by atoms with Gasteiger partial charge in [-0.25, -0.2) is 4.98 Å². The molecular weight excluding hydrogens is 408 g/mol. The van der Waals surface area contributed by atoms with Crippen molar-refractivity contribution < 1.29 is 14.3 Å². The van der Waals surface area contributed by atoms with Gasteiger partial charge in [-0.3, -0.25) is 14.5 Å². The van der Waals surface area contributed by atoms with Crippen molar-refractivity contribution in [2.45, 2.75) is 26.4 Å². The lowest BCUT2D eigenvalue weighted by atomic mass is 9.98. The zero-order valence-corrected chi connectivity index (χ0v) is 18.2. The molecular formula is C23H24N6O3. The number of carbonyl (C=O) groups excluding carboxylic acids is 1. The molecule has 3 aromatic heterocycles. The molecule has 1 fully saturated rings. The second-order valence-electron chi connectivity index (χ2n) is 8.16. The van der Waals surface area contributed by atoms with E-state index in [9.17, 15) is 9.90 Å². The maximum atomic E-state index is 12.8. The van der Waals surface area contributed by atoms with Gasteiger partial charge in [0.2, 0.25) is 5.76 Å². The highest BCUT2D eigenvalue weighted by atomic mass is 16.3. The highest BCUT2D eigenvalue weighted by Crippen LogP contribution is 2.41. The molecule has 9 heteroatoms. The first kappa shape index (κ1) is 20.2. The van der Waals surface area contributed by atoms with E-state index >= 15 is 0 Å². The third-order valence-electron chi connectivity index (χ3n) is 6.13. The van der Waals surface area contributed by atoms with E-state index in [4.69, 9.17) is 4.42 Å². The first-order valence-corrected chi connectivity index (χ1v) is 10.5. The number of rotatable bonds is 4. The smallest absolute Gasteiger partial charge is 0.293 e. The minimum absolute atomic E-state index is 0.134. The van der Waals surface area contributed by atoms with E-state index in [1.165, 1.54) is 12.6 Å². The average Bonchev–Trinajstić information content (AvgIpc) is 3.53. The second kappa shape index (κ2) is 7.76. The summed E-state index contributed by atoms with van der Waals surface area (Å²) in [5, 5.41) is 18.6. The fourth-order valence-electron chi connectivity index (χ4n) is 4.20. The maximum absolute atomic E-state index is 12.8. The van der Waals surface area contributed by atoms with Crippen LogP contribution in [-0.4, -0.2) is 50.0 Å². The number of hydrogen-bond acceptors (Lipinski definition) is 7. The Morgan fingerprint density at radius 3 is 2.78 bits per heavy atom. The summed E-state index contributed by atoms with van der Waals surface area (Å²) < 4.78 is 7.00. The Labute approximate surface area is 184 Å². The number of nitrogens with zero attached hydrogens (tertiary/aromatic N) is 5. The maximum Gasteiger partial charge on any atom is 0.293 e. The van der Waals surface area contributed by atoms with E-state index < -0.39 is 0 Å². The number of pyridine rings is 1. The number of fused-ring (bicyclic) bond motifs is 1. The minimum atomic E-state index is -0.378. The fraction of sp³-hybridized carbons (Fsp3) is 0.304. The molecule has 0 bridgehead atoms. The number of aryl methyl sites for hydroxylation is 2. The summed E-state index contributed by atoms with van der Waals surface area (Å²) in [5.74, 6) is -0.244. The van der Waals surface area contributed by atoms with Gasteiger partial charge in [0.1, 0.15) is 0 Å². The van der Waals surface area contributed by atoms with Gasteiger partial charge in [-0.15, -0.1) is 0 Å². The quantitative estimate of drug-likeness (QED) is 0.510. The summed E-state index contributed by atoms with van der Waals surface area (Å²) >= 11 is 0. The highest BCUT2D eigenvalue weighted by Gasteiger charge is 2.26. The van der Waals surface area contributed by atoms with Crippen molar-refractivity contribution in [1.82, 2.24) is 19.7 Å². The molecule has 32 heavy (non-hydrogen) atoms. The molecule has 1 aromatic carbocycles. The number of benzene rings is 1. The molecule has 2 N–H and O–H groups in total. The van der Waals surface area contributed by atoms with Crippen LogP contribution in [0.4, 0.5) is 11.4 Å². The molecule has 0 saturated carbocycles. The lowest BCUT2D eigenvalue weighted by Gasteiger charge is -2.24. The standard InChI is InChI=1S/C23H24N6O3/c1-13-14(2)25-9-18(22(13)27-23(31)21-10-24-12-32-21)17-7-19-15(8-26-28(19)3)6-20(17)29-5-4-16(30)11-29/h6-10,12,16,30H,4-5,11H2,1-3H3,(H,25,27,31). The lowest BCUT2D eigenvalue weighted by molar-refractivity contribution is 0.0996. The molecule has 1 amide bonds. The molecule has 0 spiro atoms. The van der Waals surface area contributed by atoms with E-state index in [2.05, 4.69) is 37.4 Å². The first-order valence-electron chi connectivity index (χ1n) is 10.5. The molecule has 9 nitrogen and oxygen atoms in total. The summed E-state index contributed by atoms with van der Waals surface area (Å²) in [6.45, 7) is 5.14. The Morgan fingerprint density at radius 1 is 1.22 bits per heavy atom. The molecule has 1 aliphatic rings. The van der Waals surface area contributed by atoms with Gasteiger partial charge in [-0.05, 0) is 38.0 Å². The van der Waals surface area contributed by atoms with E-state index in [0.717, 1.165) is 45.5 Å². The third kappa shape index (κ3) is 3.40. The molecule has 4 aromatic rings. The van der Waals surface area contributed by atoms with Crippen molar-refractivity contribution in [2.24, 2.45) is 7.05 Å². The normalized spacial score (nSPS) is 16.1. The van der Waals surface area contributed by atoms with Crippen LogP contribution in [0, 0.1) is 13.8 Å². The van der Waals surface area contributed by atoms with Crippen LogP contribution < -0.4 is 10.2 Å². The van der Waals surface area contributed by atoms with Crippen LogP contribution in [0.2, 0.25) is 0 Å². The van der Waals surface area contributed by atoms with Gasteiger partial charge in [-0.2, -0.15) is 5.10 Å². The summed E-state index contributed by atoms with van der Waals surface area (Å²) in [6, 6.07) is 4.16. The van der Waals surface area contributed by atoms with E-state index in [1.54, 1.807) is 6.20 Å². The third-order valence-corrected chi connectivity index (χ3v) is 6.13. The zero-order valence-electron chi connectivity index (χ0n) is 18.2. The van der Waals surface area contributed by atoms with Gasteiger partial charge >= 0.3 is 0 Å². The number of β-amino-alcohol motifs (C(OH)–C–C–N with tert-alkyl or cyclic N) is 1. The Balaban J connectivity index is 1.70. The molecule has 1 atom stereocenters. The van der Waals surface area contributed by atoms with Crippen LogP contribution in [0.3, 0.4) is 0 Å². The SMILES string of the molecule is Cc1ncc(-c2cc3c(cnn3C)cc2N2CCC(O)C2)c(NC(=O)c2cnco2)c1C. The predicted octanol–water partition coefficient (Wildman–Crippen LogP) is 3.06. The Kier molecular flexibility index (Phi) is 4.90. The molecule has 4 heterocycles. The molecule has 0 radical (unpaired) electrons. The molecule has 5 rings (SSSR count). The molecule has 0 aliphatic carbocycles. The Morgan fingerprint density at radius 2 is 2.06 bits per heavy atom. The summed E-state index contributed by atoms with van der Waals surface area (Å²) in [7, 11) is 1.90. The van der Waals surface area contributed by atoms with Gasteiger partial charge in [0.25, 0.3) is 5.91 Å². The number of aromatic nitrogens is 4.